The molecule has 0 aliphatic rings. The second-order valence-corrected chi connectivity index (χ2v) is 7.74. The molecule has 0 aliphatic carbocycles. The second-order valence-electron chi connectivity index (χ2n) is 7.74. The Balaban J connectivity index is 2.01. The van der Waals surface area contributed by atoms with E-state index in [9.17, 15) is 13.6 Å². The summed E-state index contributed by atoms with van der Waals surface area (Å²) in [5.74, 6) is -0.657. The summed E-state index contributed by atoms with van der Waals surface area (Å²) >= 11 is 0. The Morgan fingerprint density at radius 3 is 2.32 bits per heavy atom. The largest absolute Gasteiger partial charge is 0.494 e. The first-order valence-electron chi connectivity index (χ1n) is 11.3. The van der Waals surface area contributed by atoms with Gasteiger partial charge < -0.3 is 15.0 Å². The predicted molar refractivity (Wildman–Crippen MR) is 121 cm³/mol. The highest BCUT2D eigenvalue weighted by Crippen LogP contribution is 2.18. The lowest BCUT2D eigenvalue weighted by Crippen LogP contribution is -2.35. The molecule has 0 saturated carbocycles. The van der Waals surface area contributed by atoms with Gasteiger partial charge in [-0.25, -0.2) is 13.6 Å². The van der Waals surface area contributed by atoms with Crippen molar-refractivity contribution in [1.29, 1.82) is 0 Å². The number of benzene rings is 2. The fraction of sp³-hybridized carbons (Fsp3) is 0.480. The van der Waals surface area contributed by atoms with E-state index in [1.54, 1.807) is 4.90 Å². The highest BCUT2D eigenvalue weighted by atomic mass is 19.1. The van der Waals surface area contributed by atoms with E-state index in [-0.39, 0.29) is 5.69 Å². The topological polar surface area (TPSA) is 41.6 Å². The molecule has 6 heteroatoms. The normalized spacial score (nSPS) is 10.7. The highest BCUT2D eigenvalue weighted by molar-refractivity contribution is 5.89. The van der Waals surface area contributed by atoms with Gasteiger partial charge in [0.25, 0.3) is 0 Å². The van der Waals surface area contributed by atoms with Crippen molar-refractivity contribution >= 4 is 11.7 Å². The van der Waals surface area contributed by atoms with Crippen LogP contribution in [0.1, 0.15) is 64.4 Å². The summed E-state index contributed by atoms with van der Waals surface area (Å²) in [4.78, 5) is 14.5. The monoisotopic (exact) mass is 432 g/mol. The molecule has 0 bridgehead atoms. The molecule has 0 aromatic heterocycles. The highest BCUT2D eigenvalue weighted by Gasteiger charge is 2.16. The lowest BCUT2D eigenvalue weighted by atomic mass is 10.1. The Hall–Kier alpha value is -2.63. The Morgan fingerprint density at radius 2 is 1.65 bits per heavy atom. The number of halogens is 2. The number of anilines is 1. The summed E-state index contributed by atoms with van der Waals surface area (Å²) in [5, 5.41) is 2.58. The zero-order chi connectivity index (χ0) is 22.5. The summed E-state index contributed by atoms with van der Waals surface area (Å²) in [6.45, 7) is 5.93. The summed E-state index contributed by atoms with van der Waals surface area (Å²) < 4.78 is 32.8. The van der Waals surface area contributed by atoms with Crippen LogP contribution in [0, 0.1) is 11.6 Å². The van der Waals surface area contributed by atoms with Crippen LogP contribution in [-0.2, 0) is 6.54 Å². The van der Waals surface area contributed by atoms with Gasteiger partial charge in [-0.3, -0.25) is 0 Å². The zero-order valence-electron chi connectivity index (χ0n) is 18.6. The number of unbranched alkanes of at least 4 members (excludes halogenated alkanes) is 5. The number of nitrogens with zero attached hydrogens (tertiary/aromatic N) is 1. The van der Waals surface area contributed by atoms with Crippen LogP contribution in [0.25, 0.3) is 0 Å². The Bertz CT molecular complexity index is 797. The first-order chi connectivity index (χ1) is 15.0. The van der Waals surface area contributed by atoms with Gasteiger partial charge in [0.1, 0.15) is 17.4 Å². The smallest absolute Gasteiger partial charge is 0.322 e. The minimum atomic E-state index is -0.787. The first kappa shape index (κ1) is 24.6. The molecule has 2 aromatic rings. The summed E-state index contributed by atoms with van der Waals surface area (Å²) in [7, 11) is 0. The van der Waals surface area contributed by atoms with Gasteiger partial charge in [0.05, 0.1) is 12.3 Å². The van der Waals surface area contributed by atoms with Crippen molar-refractivity contribution in [3.8, 4) is 5.75 Å². The number of amides is 2. The van der Waals surface area contributed by atoms with Gasteiger partial charge in [-0.05, 0) is 42.7 Å². The third-order valence-electron chi connectivity index (χ3n) is 5.05. The molecule has 170 valence electrons. The van der Waals surface area contributed by atoms with Crippen molar-refractivity contribution in [2.45, 2.75) is 65.3 Å². The van der Waals surface area contributed by atoms with Crippen molar-refractivity contribution in [3.63, 3.8) is 0 Å². The molecule has 0 radical (unpaired) electrons. The van der Waals surface area contributed by atoms with Crippen LogP contribution < -0.4 is 10.1 Å². The predicted octanol–water partition coefficient (Wildman–Crippen LogP) is 7.15. The van der Waals surface area contributed by atoms with Crippen LogP contribution in [0.5, 0.6) is 5.75 Å². The van der Waals surface area contributed by atoms with E-state index in [1.165, 1.54) is 12.5 Å². The molecule has 0 saturated heterocycles. The summed E-state index contributed by atoms with van der Waals surface area (Å²) in [5.41, 5.74) is 0.938. The summed E-state index contributed by atoms with van der Waals surface area (Å²) in [6, 6.07) is 10.4. The number of nitrogens with one attached hydrogen (secondary N) is 1. The van der Waals surface area contributed by atoms with Gasteiger partial charge in [0.2, 0.25) is 0 Å². The molecule has 2 rings (SSSR count). The Kier molecular flexibility index (Phi) is 10.8. The maximum Gasteiger partial charge on any atom is 0.322 e. The number of carbonyl (C=O) groups is 1. The van der Waals surface area contributed by atoms with Crippen LogP contribution in [0.15, 0.2) is 42.5 Å². The molecule has 2 amide bonds. The molecule has 4 nitrogen and oxygen atoms in total. The van der Waals surface area contributed by atoms with Crippen molar-refractivity contribution in [2.75, 3.05) is 18.5 Å². The number of carbonyl (C=O) groups excluding carboxylic acids is 1. The Labute approximate surface area is 184 Å². The van der Waals surface area contributed by atoms with Crippen LogP contribution in [-0.4, -0.2) is 24.1 Å². The number of ether oxygens (including phenoxy) is 1. The van der Waals surface area contributed by atoms with Gasteiger partial charge in [-0.15, -0.1) is 0 Å². The zero-order valence-corrected chi connectivity index (χ0v) is 18.6. The average molecular weight is 433 g/mol. The third-order valence-corrected chi connectivity index (χ3v) is 5.05. The van der Waals surface area contributed by atoms with E-state index < -0.39 is 17.7 Å². The molecular formula is C25H34F2N2O2. The molecule has 31 heavy (non-hydrogen) atoms. The van der Waals surface area contributed by atoms with Crippen molar-refractivity contribution in [2.24, 2.45) is 0 Å². The van der Waals surface area contributed by atoms with Crippen LogP contribution in [0.2, 0.25) is 0 Å². The van der Waals surface area contributed by atoms with Gasteiger partial charge in [0, 0.05) is 19.2 Å². The minimum absolute atomic E-state index is 0.0259. The SMILES string of the molecule is CCCCCCCN(Cc1ccc(OCCCC)cc1)C(=O)Nc1ccc(F)cc1F. The van der Waals surface area contributed by atoms with E-state index in [2.05, 4.69) is 19.2 Å². The number of hydrogen-bond acceptors (Lipinski definition) is 2. The van der Waals surface area contributed by atoms with E-state index in [0.29, 0.717) is 19.7 Å². The lowest BCUT2D eigenvalue weighted by molar-refractivity contribution is 0.207. The molecule has 0 spiro atoms. The number of hydrogen-bond donors (Lipinski definition) is 1. The molecular weight excluding hydrogens is 398 g/mol. The van der Waals surface area contributed by atoms with Gasteiger partial charge in [0.15, 0.2) is 0 Å². The molecule has 0 unspecified atom stereocenters. The maximum absolute atomic E-state index is 14.0. The molecule has 0 atom stereocenters. The van der Waals surface area contributed by atoms with Gasteiger partial charge in [-0.2, -0.15) is 0 Å². The number of rotatable bonds is 13. The minimum Gasteiger partial charge on any atom is -0.494 e. The van der Waals surface area contributed by atoms with E-state index in [0.717, 1.165) is 62.0 Å². The number of urea groups is 1. The van der Waals surface area contributed by atoms with Gasteiger partial charge >= 0.3 is 6.03 Å². The lowest BCUT2D eigenvalue weighted by Gasteiger charge is -2.23. The van der Waals surface area contributed by atoms with E-state index in [4.69, 9.17) is 4.74 Å². The van der Waals surface area contributed by atoms with Crippen molar-refractivity contribution in [1.82, 2.24) is 4.90 Å². The van der Waals surface area contributed by atoms with Crippen molar-refractivity contribution < 1.29 is 18.3 Å². The fourth-order valence-electron chi connectivity index (χ4n) is 3.19. The quantitative estimate of drug-likeness (QED) is 0.342. The van der Waals surface area contributed by atoms with E-state index in [1.807, 2.05) is 24.3 Å². The average Bonchev–Trinajstić information content (AvgIpc) is 2.76. The molecule has 0 aliphatic heterocycles. The maximum atomic E-state index is 14.0. The molecule has 0 fully saturated rings. The fourth-order valence-corrected chi connectivity index (χ4v) is 3.19. The third kappa shape index (κ3) is 8.95. The molecule has 2 aromatic carbocycles. The second kappa shape index (κ2) is 13.6. The van der Waals surface area contributed by atoms with E-state index >= 15 is 0 Å². The first-order valence-corrected chi connectivity index (χ1v) is 11.3. The van der Waals surface area contributed by atoms with Crippen LogP contribution >= 0.6 is 0 Å². The standard InChI is InChI=1S/C25H34F2N2O2/c1-3-5-7-8-9-16-29(25(30)28-24-15-12-21(26)18-23(24)27)19-20-10-13-22(14-11-20)31-17-6-4-2/h10-15,18H,3-9,16-17,19H2,1-2H3,(H,28,30). The Morgan fingerprint density at radius 1 is 0.935 bits per heavy atom. The molecule has 0 heterocycles. The van der Waals surface area contributed by atoms with Crippen LogP contribution in [0.4, 0.5) is 19.3 Å². The summed E-state index contributed by atoms with van der Waals surface area (Å²) in [6.07, 6.45) is 7.45. The molecule has 1 N–H and O–H groups in total. The van der Waals surface area contributed by atoms with Crippen molar-refractivity contribution in [3.05, 3.63) is 59.7 Å². The van der Waals surface area contributed by atoms with Crippen LogP contribution in [0.3, 0.4) is 0 Å². The van der Waals surface area contributed by atoms with Gasteiger partial charge in [-0.1, -0.05) is 58.1 Å².